The Morgan fingerprint density at radius 2 is 1.59 bits per heavy atom. The Hall–Kier alpha value is -2.69. The van der Waals surface area contributed by atoms with Gasteiger partial charge in [-0.25, -0.2) is 4.98 Å². The minimum atomic E-state index is -0.0165. The largest absolute Gasteiger partial charge is 0.502 e. The standard InChI is InChI=1S/C17H18N2O3/c1-9-5-6-10(2)15-14(9)18-17(19-15)11-7-12(21-3)16(20)13(8-11)22-4/h5-8,20H,1-4H3,(H,18,19). The van der Waals surface area contributed by atoms with Crippen LogP contribution in [0.3, 0.4) is 0 Å². The molecule has 2 N–H and O–H groups in total. The van der Waals surface area contributed by atoms with Crippen LogP contribution in [0.15, 0.2) is 24.3 Å². The van der Waals surface area contributed by atoms with E-state index in [1.165, 1.54) is 14.2 Å². The topological polar surface area (TPSA) is 67.4 Å². The van der Waals surface area contributed by atoms with Crippen molar-refractivity contribution in [3.05, 3.63) is 35.4 Å². The highest BCUT2D eigenvalue weighted by atomic mass is 16.5. The van der Waals surface area contributed by atoms with Crippen molar-refractivity contribution >= 4 is 11.0 Å². The van der Waals surface area contributed by atoms with Crippen molar-refractivity contribution in [2.75, 3.05) is 14.2 Å². The zero-order chi connectivity index (χ0) is 15.9. The van der Waals surface area contributed by atoms with Crippen LogP contribution < -0.4 is 9.47 Å². The third kappa shape index (κ3) is 2.15. The molecule has 0 saturated heterocycles. The minimum absolute atomic E-state index is 0.0165. The highest BCUT2D eigenvalue weighted by molar-refractivity contribution is 5.85. The second-order valence-corrected chi connectivity index (χ2v) is 5.24. The van der Waals surface area contributed by atoms with Gasteiger partial charge in [-0.1, -0.05) is 12.1 Å². The summed E-state index contributed by atoms with van der Waals surface area (Å²) in [6.07, 6.45) is 0. The average molecular weight is 298 g/mol. The number of aromatic amines is 1. The third-order valence-corrected chi connectivity index (χ3v) is 3.81. The van der Waals surface area contributed by atoms with Crippen LogP contribution in [0, 0.1) is 13.8 Å². The Kier molecular flexibility index (Phi) is 3.41. The quantitative estimate of drug-likeness (QED) is 0.775. The molecule has 0 atom stereocenters. The number of aryl methyl sites for hydroxylation is 2. The van der Waals surface area contributed by atoms with Gasteiger partial charge in [0.25, 0.3) is 0 Å². The maximum atomic E-state index is 10.0. The van der Waals surface area contributed by atoms with Gasteiger partial charge in [-0.05, 0) is 37.1 Å². The number of rotatable bonds is 3. The summed E-state index contributed by atoms with van der Waals surface area (Å²) in [5.74, 6) is 1.40. The van der Waals surface area contributed by atoms with Crippen molar-refractivity contribution in [3.63, 3.8) is 0 Å². The van der Waals surface area contributed by atoms with E-state index in [1.807, 2.05) is 13.8 Å². The summed E-state index contributed by atoms with van der Waals surface area (Å²) in [5.41, 5.74) is 5.00. The van der Waals surface area contributed by atoms with Crippen molar-refractivity contribution in [2.24, 2.45) is 0 Å². The second-order valence-electron chi connectivity index (χ2n) is 5.24. The zero-order valence-corrected chi connectivity index (χ0v) is 13.0. The number of phenolic OH excluding ortho intramolecular Hbond substituents is 1. The summed E-state index contributed by atoms with van der Waals surface area (Å²) >= 11 is 0. The van der Waals surface area contributed by atoms with Crippen LogP contribution in [0.1, 0.15) is 11.1 Å². The van der Waals surface area contributed by atoms with Gasteiger partial charge in [-0.2, -0.15) is 0 Å². The maximum absolute atomic E-state index is 10.0. The van der Waals surface area contributed by atoms with Gasteiger partial charge in [0, 0.05) is 5.56 Å². The van der Waals surface area contributed by atoms with Gasteiger partial charge in [0.1, 0.15) is 5.82 Å². The molecule has 0 amide bonds. The van der Waals surface area contributed by atoms with Gasteiger partial charge in [0.05, 0.1) is 25.3 Å². The third-order valence-electron chi connectivity index (χ3n) is 3.81. The molecule has 0 unspecified atom stereocenters. The predicted molar refractivity (Wildman–Crippen MR) is 85.8 cm³/mol. The van der Waals surface area contributed by atoms with E-state index in [9.17, 15) is 5.11 Å². The number of nitrogens with zero attached hydrogens (tertiary/aromatic N) is 1. The number of imidazole rings is 1. The van der Waals surface area contributed by atoms with Gasteiger partial charge in [-0.3, -0.25) is 0 Å². The molecule has 0 aliphatic carbocycles. The Morgan fingerprint density at radius 1 is 1.00 bits per heavy atom. The van der Waals surface area contributed by atoms with E-state index in [1.54, 1.807) is 12.1 Å². The van der Waals surface area contributed by atoms with Crippen molar-refractivity contribution < 1.29 is 14.6 Å². The van der Waals surface area contributed by atoms with Gasteiger partial charge >= 0.3 is 0 Å². The van der Waals surface area contributed by atoms with E-state index in [0.717, 1.165) is 27.7 Å². The van der Waals surface area contributed by atoms with Crippen LogP contribution in [0.2, 0.25) is 0 Å². The number of hydrogen-bond donors (Lipinski definition) is 2. The fourth-order valence-electron chi connectivity index (χ4n) is 2.52. The molecule has 114 valence electrons. The van der Waals surface area contributed by atoms with Crippen LogP contribution in [-0.2, 0) is 0 Å². The molecule has 5 heteroatoms. The van der Waals surface area contributed by atoms with Crippen molar-refractivity contribution in [2.45, 2.75) is 13.8 Å². The fourth-order valence-corrected chi connectivity index (χ4v) is 2.52. The second kappa shape index (κ2) is 5.26. The highest BCUT2D eigenvalue weighted by Gasteiger charge is 2.15. The molecule has 0 fully saturated rings. The number of fused-ring (bicyclic) bond motifs is 1. The molecule has 0 aliphatic rings. The number of H-pyrrole nitrogens is 1. The number of aromatic nitrogens is 2. The molecule has 2 aromatic carbocycles. The molecule has 5 nitrogen and oxygen atoms in total. The molecule has 1 heterocycles. The molecule has 1 aromatic heterocycles. The van der Waals surface area contributed by atoms with Crippen LogP contribution in [0.5, 0.6) is 17.2 Å². The maximum Gasteiger partial charge on any atom is 0.200 e. The molecule has 0 saturated carbocycles. The van der Waals surface area contributed by atoms with Crippen molar-refractivity contribution in [1.29, 1.82) is 0 Å². The molecule has 0 spiro atoms. The summed E-state index contributed by atoms with van der Waals surface area (Å²) in [5, 5.41) is 10.0. The first-order valence-electron chi connectivity index (χ1n) is 6.96. The summed E-state index contributed by atoms with van der Waals surface area (Å²) in [7, 11) is 3.01. The first-order valence-corrected chi connectivity index (χ1v) is 6.96. The molecule has 0 aliphatic heterocycles. The first-order chi connectivity index (χ1) is 10.5. The minimum Gasteiger partial charge on any atom is -0.502 e. The zero-order valence-electron chi connectivity index (χ0n) is 13.0. The van der Waals surface area contributed by atoms with Crippen LogP contribution in [0.4, 0.5) is 0 Å². The summed E-state index contributed by atoms with van der Waals surface area (Å²) < 4.78 is 10.4. The lowest BCUT2D eigenvalue weighted by atomic mass is 10.1. The fraction of sp³-hybridized carbons (Fsp3) is 0.235. The summed E-state index contributed by atoms with van der Waals surface area (Å²) in [6.45, 7) is 4.08. The SMILES string of the molecule is COc1cc(-c2nc3c(C)ccc(C)c3[nH]2)cc(OC)c1O. The van der Waals surface area contributed by atoms with Crippen molar-refractivity contribution in [3.8, 4) is 28.6 Å². The highest BCUT2D eigenvalue weighted by Crippen LogP contribution is 2.40. The van der Waals surface area contributed by atoms with E-state index in [4.69, 9.17) is 9.47 Å². The lowest BCUT2D eigenvalue weighted by Crippen LogP contribution is -1.91. The lowest BCUT2D eigenvalue weighted by molar-refractivity contribution is 0.340. The van der Waals surface area contributed by atoms with E-state index < -0.39 is 0 Å². The van der Waals surface area contributed by atoms with E-state index in [2.05, 4.69) is 22.1 Å². The molecule has 0 radical (unpaired) electrons. The molecule has 3 aromatic rings. The van der Waals surface area contributed by atoms with Gasteiger partial charge < -0.3 is 19.6 Å². The monoisotopic (exact) mass is 298 g/mol. The summed E-state index contributed by atoms with van der Waals surface area (Å²) in [4.78, 5) is 8.01. The number of nitrogens with one attached hydrogen (secondary N) is 1. The lowest BCUT2D eigenvalue weighted by Gasteiger charge is -2.10. The molecular weight excluding hydrogens is 280 g/mol. The van der Waals surface area contributed by atoms with Gasteiger partial charge in [0.15, 0.2) is 11.5 Å². The average Bonchev–Trinajstić information content (AvgIpc) is 2.98. The van der Waals surface area contributed by atoms with Crippen LogP contribution in [-0.4, -0.2) is 29.3 Å². The van der Waals surface area contributed by atoms with Gasteiger partial charge in [0.2, 0.25) is 5.75 Å². The normalized spacial score (nSPS) is 10.9. The number of aromatic hydroxyl groups is 1. The summed E-state index contributed by atoms with van der Waals surface area (Å²) in [6, 6.07) is 7.60. The molecule has 22 heavy (non-hydrogen) atoms. The first kappa shape index (κ1) is 14.3. The van der Waals surface area contributed by atoms with Gasteiger partial charge in [-0.15, -0.1) is 0 Å². The Labute approximate surface area is 128 Å². The van der Waals surface area contributed by atoms with E-state index in [-0.39, 0.29) is 5.75 Å². The Morgan fingerprint density at radius 3 is 2.14 bits per heavy atom. The Balaban J connectivity index is 2.23. The molecular formula is C17H18N2O3. The van der Waals surface area contributed by atoms with Crippen LogP contribution in [0.25, 0.3) is 22.4 Å². The number of benzene rings is 2. The number of hydrogen-bond acceptors (Lipinski definition) is 4. The molecule has 0 bridgehead atoms. The van der Waals surface area contributed by atoms with E-state index >= 15 is 0 Å². The number of phenols is 1. The van der Waals surface area contributed by atoms with E-state index in [0.29, 0.717) is 17.3 Å². The van der Waals surface area contributed by atoms with Crippen LogP contribution >= 0.6 is 0 Å². The smallest absolute Gasteiger partial charge is 0.200 e. The number of methoxy groups -OCH3 is 2. The predicted octanol–water partition coefficient (Wildman–Crippen LogP) is 3.57. The Bertz CT molecular complexity index is 788. The molecule has 3 rings (SSSR count). The van der Waals surface area contributed by atoms with Crippen molar-refractivity contribution in [1.82, 2.24) is 9.97 Å². The number of ether oxygens (including phenoxy) is 2.